The van der Waals surface area contributed by atoms with Gasteiger partial charge in [0.25, 0.3) is 0 Å². The van der Waals surface area contributed by atoms with Gasteiger partial charge in [-0.05, 0) is 12.8 Å². The number of carbonyl (C=O) groups is 5. The van der Waals surface area contributed by atoms with Gasteiger partial charge in [-0.2, -0.15) is 0 Å². The number of rotatable bonds is 18. The second-order valence-corrected chi connectivity index (χ2v) is 9.44. The number of nitrogens with zero attached hydrogens (tertiary/aromatic N) is 3. The minimum atomic E-state index is -2.77. The number of unbranched alkanes of at least 4 members (excludes halogenated alkanes) is 1. The highest BCUT2D eigenvalue weighted by Crippen LogP contribution is 2.28. The molecule has 6 N–H and O–H groups in total. The van der Waals surface area contributed by atoms with Gasteiger partial charge >= 0.3 is 32.1 Å². The van der Waals surface area contributed by atoms with Crippen LogP contribution in [0.25, 0.3) is 0 Å². The Kier molecular flexibility index (Phi) is 14.1. The Morgan fingerprint density at radius 2 is 1.38 bits per heavy atom. The first-order valence-electron chi connectivity index (χ1n) is 11.5. The van der Waals surface area contributed by atoms with Crippen LogP contribution in [-0.2, 0) is 33.1 Å². The smallest absolute Gasteiger partial charge is 0.480 e. The van der Waals surface area contributed by atoms with Crippen molar-refractivity contribution in [1.29, 1.82) is 0 Å². The SMILES string of the molecule is O=C(O)CN1CCN(CC(=O)O)CC(CCCCC(=O)NCCO[P+](=O)O)(N(CC(=O)O)CC(=O)O)C1. The lowest BCUT2D eigenvalue weighted by Gasteiger charge is -2.45. The van der Waals surface area contributed by atoms with Crippen molar-refractivity contribution in [2.45, 2.75) is 31.2 Å². The molecule has 16 nitrogen and oxygen atoms in total. The van der Waals surface area contributed by atoms with Crippen molar-refractivity contribution in [3.05, 3.63) is 0 Å². The highest BCUT2D eigenvalue weighted by atomic mass is 31.1. The van der Waals surface area contributed by atoms with Crippen LogP contribution in [0.5, 0.6) is 0 Å². The molecule has 0 bridgehead atoms. The van der Waals surface area contributed by atoms with Gasteiger partial charge in [-0.3, -0.25) is 38.7 Å². The minimum absolute atomic E-state index is 0.0150. The molecule has 17 heteroatoms. The molecule has 37 heavy (non-hydrogen) atoms. The van der Waals surface area contributed by atoms with Crippen LogP contribution in [0.3, 0.4) is 0 Å². The van der Waals surface area contributed by atoms with E-state index in [1.807, 2.05) is 0 Å². The van der Waals surface area contributed by atoms with Gasteiger partial charge in [-0.1, -0.05) is 6.42 Å². The van der Waals surface area contributed by atoms with E-state index in [0.717, 1.165) is 0 Å². The first-order chi connectivity index (χ1) is 17.3. The summed E-state index contributed by atoms with van der Waals surface area (Å²) in [5.41, 5.74) is -1.23. The topological polar surface area (TPSA) is 235 Å². The lowest BCUT2D eigenvalue weighted by Crippen LogP contribution is -2.62. The summed E-state index contributed by atoms with van der Waals surface area (Å²) in [5, 5.41) is 40.1. The van der Waals surface area contributed by atoms with E-state index in [1.165, 1.54) is 14.7 Å². The number of nitrogens with one attached hydrogen (secondary N) is 1. The molecule has 0 aromatic heterocycles. The highest BCUT2D eigenvalue weighted by Gasteiger charge is 2.43. The zero-order valence-electron chi connectivity index (χ0n) is 20.3. The fourth-order valence-corrected chi connectivity index (χ4v) is 4.60. The fraction of sp³-hybridized carbons (Fsp3) is 0.750. The number of amides is 1. The van der Waals surface area contributed by atoms with Crippen LogP contribution in [-0.4, -0.2) is 141 Å². The molecule has 1 aliphatic heterocycles. The van der Waals surface area contributed by atoms with E-state index in [9.17, 15) is 49.0 Å². The molecule has 0 saturated carbocycles. The van der Waals surface area contributed by atoms with E-state index in [0.29, 0.717) is 12.8 Å². The van der Waals surface area contributed by atoms with E-state index in [-0.39, 0.29) is 58.1 Å². The monoisotopic (exact) mass is 553 g/mol. The first kappa shape index (κ1) is 32.3. The number of aliphatic carboxylic acids is 4. The zero-order valence-corrected chi connectivity index (χ0v) is 21.2. The Morgan fingerprint density at radius 1 is 0.865 bits per heavy atom. The fourth-order valence-electron chi connectivity index (χ4n) is 4.35. The van der Waals surface area contributed by atoms with Crippen LogP contribution in [0.15, 0.2) is 0 Å². The van der Waals surface area contributed by atoms with Crippen LogP contribution >= 0.6 is 8.25 Å². The molecular formula is C20H34N4O12P+. The Hall–Kier alpha value is -2.75. The summed E-state index contributed by atoms with van der Waals surface area (Å²) in [6, 6.07) is 0. The number of carbonyl (C=O) groups excluding carboxylic acids is 1. The molecule has 1 amide bonds. The third-order valence-corrected chi connectivity index (χ3v) is 6.13. The van der Waals surface area contributed by atoms with Crippen molar-refractivity contribution in [1.82, 2.24) is 20.0 Å². The Bertz CT molecular complexity index is 800. The van der Waals surface area contributed by atoms with Crippen molar-refractivity contribution in [2.24, 2.45) is 0 Å². The van der Waals surface area contributed by atoms with Crippen LogP contribution in [0.2, 0.25) is 0 Å². The number of carboxylic acid groups (broad SMARTS) is 4. The third-order valence-electron chi connectivity index (χ3n) is 5.73. The van der Waals surface area contributed by atoms with Gasteiger partial charge in [0.15, 0.2) is 0 Å². The van der Waals surface area contributed by atoms with Crippen molar-refractivity contribution in [2.75, 3.05) is 65.5 Å². The van der Waals surface area contributed by atoms with Gasteiger partial charge in [0.05, 0.1) is 26.2 Å². The summed E-state index contributed by atoms with van der Waals surface area (Å²) in [5.74, 6) is -5.25. The van der Waals surface area contributed by atoms with Gasteiger partial charge in [0, 0.05) is 49.2 Å². The second-order valence-electron chi connectivity index (χ2n) is 8.70. The van der Waals surface area contributed by atoms with Crippen molar-refractivity contribution in [3.63, 3.8) is 0 Å². The first-order valence-corrected chi connectivity index (χ1v) is 12.6. The van der Waals surface area contributed by atoms with E-state index < -0.39 is 63.9 Å². The van der Waals surface area contributed by atoms with Crippen molar-refractivity contribution in [3.8, 4) is 0 Å². The molecule has 210 valence electrons. The van der Waals surface area contributed by atoms with Crippen LogP contribution < -0.4 is 5.32 Å². The maximum Gasteiger partial charge on any atom is 0.694 e. The zero-order chi connectivity index (χ0) is 28.0. The van der Waals surface area contributed by atoms with Crippen LogP contribution in [0.4, 0.5) is 0 Å². The summed E-state index contributed by atoms with van der Waals surface area (Å²) < 4.78 is 14.9. The standard InChI is InChI=1S/C20H33N4O12P/c25-15(21-5-8-36-37(34)35)3-1-2-4-20(24(11-18(30)31)12-19(32)33)13-22(9-16(26)27)6-7-23(14-20)10-17(28)29/h1-14H2,(H5-,21,25,26,27,28,29,30,31,32,33,34,35)/p+1. The summed E-state index contributed by atoms with van der Waals surface area (Å²) in [7, 11) is -2.77. The second kappa shape index (κ2) is 16.2. The van der Waals surface area contributed by atoms with E-state index in [1.54, 1.807) is 0 Å². The molecule has 1 rings (SSSR count). The molecule has 0 aromatic rings. The summed E-state index contributed by atoms with van der Waals surface area (Å²) >= 11 is 0. The van der Waals surface area contributed by atoms with Gasteiger partial charge < -0.3 is 25.7 Å². The molecule has 1 atom stereocenters. The largest absolute Gasteiger partial charge is 0.694 e. The lowest BCUT2D eigenvalue weighted by molar-refractivity contribution is -0.148. The number of carboxylic acids is 4. The van der Waals surface area contributed by atoms with Crippen molar-refractivity contribution >= 4 is 38.0 Å². The molecule has 0 spiro atoms. The van der Waals surface area contributed by atoms with E-state index >= 15 is 0 Å². The Balaban J connectivity index is 3.10. The molecule has 1 saturated heterocycles. The molecule has 0 radical (unpaired) electrons. The molecule has 1 aliphatic rings. The third kappa shape index (κ3) is 13.4. The predicted molar refractivity (Wildman–Crippen MR) is 125 cm³/mol. The number of hydrogen-bond acceptors (Lipinski definition) is 10. The van der Waals surface area contributed by atoms with Gasteiger partial charge in [0.2, 0.25) is 5.91 Å². The molecule has 1 heterocycles. The maximum absolute atomic E-state index is 12.0. The average Bonchev–Trinajstić information content (AvgIpc) is 2.92. The van der Waals surface area contributed by atoms with Crippen LogP contribution in [0, 0.1) is 0 Å². The summed E-state index contributed by atoms with van der Waals surface area (Å²) in [4.78, 5) is 71.0. The van der Waals surface area contributed by atoms with E-state index in [2.05, 4.69) is 9.84 Å². The molecular weight excluding hydrogens is 519 g/mol. The molecule has 1 unspecified atom stereocenters. The van der Waals surface area contributed by atoms with Crippen LogP contribution in [0.1, 0.15) is 25.7 Å². The minimum Gasteiger partial charge on any atom is -0.480 e. The summed E-state index contributed by atoms with van der Waals surface area (Å²) in [6.07, 6.45) is 0.858. The maximum atomic E-state index is 12.0. The van der Waals surface area contributed by atoms with Gasteiger partial charge in [-0.15, -0.1) is 9.42 Å². The van der Waals surface area contributed by atoms with E-state index in [4.69, 9.17) is 4.89 Å². The number of hydrogen-bond donors (Lipinski definition) is 6. The molecule has 0 aliphatic carbocycles. The Morgan fingerprint density at radius 3 is 1.81 bits per heavy atom. The lowest BCUT2D eigenvalue weighted by atomic mass is 9.88. The molecule has 0 aromatic carbocycles. The quantitative estimate of drug-likeness (QED) is 0.0822. The Labute approximate surface area is 213 Å². The predicted octanol–water partition coefficient (Wildman–Crippen LogP) is -1.67. The normalized spacial score (nSPS) is 16.6. The average molecular weight is 553 g/mol. The van der Waals surface area contributed by atoms with Gasteiger partial charge in [0.1, 0.15) is 6.61 Å². The van der Waals surface area contributed by atoms with Crippen molar-refractivity contribution < 1.29 is 58.4 Å². The summed E-state index contributed by atoms with van der Waals surface area (Å²) in [6.45, 7) is -1.94. The highest BCUT2D eigenvalue weighted by molar-refractivity contribution is 7.32. The molecule has 1 fully saturated rings. The van der Waals surface area contributed by atoms with Gasteiger partial charge in [-0.25, -0.2) is 0 Å².